The summed E-state index contributed by atoms with van der Waals surface area (Å²) in [5, 5.41) is 2.82. The Bertz CT molecular complexity index is 1260. The summed E-state index contributed by atoms with van der Waals surface area (Å²) in [5.74, 6) is 0.513. The lowest BCUT2D eigenvalue weighted by molar-refractivity contribution is 0.0947. The van der Waals surface area contributed by atoms with Crippen LogP contribution in [0, 0.1) is 0 Å². The number of sulfonamides is 1. The molecule has 0 saturated carbocycles. The highest BCUT2D eigenvalue weighted by atomic mass is 32.2. The zero-order valence-electron chi connectivity index (χ0n) is 17.9. The van der Waals surface area contributed by atoms with Crippen molar-refractivity contribution in [2.45, 2.75) is 17.9 Å². The molecule has 4 rings (SSSR count). The number of carbonyl (C=O) groups excluding carboxylic acids is 1. The zero-order valence-corrected chi connectivity index (χ0v) is 18.7. The minimum Gasteiger partial charge on any atom is -0.496 e. The summed E-state index contributed by atoms with van der Waals surface area (Å²) in [6.07, 6.45) is 0.651. The van der Waals surface area contributed by atoms with Gasteiger partial charge in [-0.05, 0) is 42.3 Å². The number of fused-ring (bicyclic) bond motifs is 1. The summed E-state index contributed by atoms with van der Waals surface area (Å²) < 4.78 is 38.8. The van der Waals surface area contributed by atoms with Crippen LogP contribution < -0.4 is 19.1 Å². The van der Waals surface area contributed by atoms with E-state index in [-0.39, 0.29) is 17.0 Å². The summed E-state index contributed by atoms with van der Waals surface area (Å²) in [5.41, 5.74) is 2.61. The summed E-state index contributed by atoms with van der Waals surface area (Å²) in [4.78, 5) is 13.0. The van der Waals surface area contributed by atoms with Crippen LogP contribution >= 0.6 is 0 Å². The number of methoxy groups -OCH3 is 2. The number of anilines is 1. The Labute approximate surface area is 187 Å². The first-order chi connectivity index (χ1) is 15.5. The zero-order chi connectivity index (χ0) is 22.7. The largest absolute Gasteiger partial charge is 0.496 e. The van der Waals surface area contributed by atoms with E-state index >= 15 is 0 Å². The average Bonchev–Trinajstić information content (AvgIpc) is 3.27. The van der Waals surface area contributed by atoms with Crippen LogP contribution in [0.2, 0.25) is 0 Å². The van der Waals surface area contributed by atoms with E-state index < -0.39 is 15.9 Å². The molecule has 0 fully saturated rings. The van der Waals surface area contributed by atoms with Gasteiger partial charge in [0.2, 0.25) is 0 Å². The number of amides is 1. The molecule has 0 saturated heterocycles. The molecular formula is C24H24N2O5S. The lowest BCUT2D eigenvalue weighted by Crippen LogP contribution is -2.30. The van der Waals surface area contributed by atoms with Gasteiger partial charge in [-0.3, -0.25) is 9.10 Å². The maximum atomic E-state index is 13.4. The van der Waals surface area contributed by atoms with E-state index in [0.717, 1.165) is 11.1 Å². The molecule has 0 aliphatic carbocycles. The monoisotopic (exact) mass is 452 g/mol. The Morgan fingerprint density at radius 1 is 0.969 bits per heavy atom. The molecule has 3 aromatic rings. The number of para-hydroxylation sites is 2. The van der Waals surface area contributed by atoms with Crippen LogP contribution in [0.25, 0.3) is 0 Å². The van der Waals surface area contributed by atoms with E-state index in [4.69, 9.17) is 9.47 Å². The summed E-state index contributed by atoms with van der Waals surface area (Å²) in [6, 6.07) is 19.1. The van der Waals surface area contributed by atoms with Gasteiger partial charge in [-0.2, -0.15) is 0 Å². The fourth-order valence-electron chi connectivity index (χ4n) is 3.83. The van der Waals surface area contributed by atoms with Gasteiger partial charge in [0.05, 0.1) is 30.4 Å². The fraction of sp³-hybridized carbons (Fsp3) is 0.208. The predicted molar refractivity (Wildman–Crippen MR) is 122 cm³/mol. The molecule has 7 nitrogen and oxygen atoms in total. The minimum absolute atomic E-state index is 0.0393. The minimum atomic E-state index is -3.83. The molecule has 0 radical (unpaired) electrons. The van der Waals surface area contributed by atoms with Gasteiger partial charge in [0.1, 0.15) is 11.5 Å². The van der Waals surface area contributed by atoms with Crippen LogP contribution in [-0.4, -0.2) is 35.1 Å². The Balaban J connectivity index is 1.62. The van der Waals surface area contributed by atoms with Crippen molar-refractivity contribution in [2.75, 3.05) is 25.1 Å². The third kappa shape index (κ3) is 4.01. The Kier molecular flexibility index (Phi) is 6.05. The van der Waals surface area contributed by atoms with Gasteiger partial charge in [0.25, 0.3) is 15.9 Å². The molecule has 1 aliphatic rings. The molecule has 166 valence electrons. The number of nitrogens with one attached hydrogen (secondary N) is 1. The van der Waals surface area contributed by atoms with Gasteiger partial charge in [0, 0.05) is 18.7 Å². The summed E-state index contributed by atoms with van der Waals surface area (Å²) >= 11 is 0. The number of ether oxygens (including phenoxy) is 2. The average molecular weight is 453 g/mol. The van der Waals surface area contributed by atoms with Crippen LogP contribution in [0.3, 0.4) is 0 Å². The van der Waals surface area contributed by atoms with Crippen LogP contribution in [0.15, 0.2) is 71.6 Å². The van der Waals surface area contributed by atoms with Gasteiger partial charge in [-0.1, -0.05) is 36.4 Å². The first kappa shape index (κ1) is 21.7. The highest BCUT2D eigenvalue weighted by Gasteiger charge is 2.31. The van der Waals surface area contributed by atoms with E-state index in [2.05, 4.69) is 5.32 Å². The second-order valence-corrected chi connectivity index (χ2v) is 9.17. The number of hydrogen-bond acceptors (Lipinski definition) is 5. The van der Waals surface area contributed by atoms with E-state index in [1.165, 1.54) is 29.6 Å². The van der Waals surface area contributed by atoms with Gasteiger partial charge in [-0.25, -0.2) is 8.42 Å². The van der Waals surface area contributed by atoms with Gasteiger partial charge in [0.15, 0.2) is 0 Å². The third-order valence-corrected chi connectivity index (χ3v) is 7.29. The molecule has 0 atom stereocenters. The van der Waals surface area contributed by atoms with Crippen molar-refractivity contribution < 1.29 is 22.7 Å². The van der Waals surface area contributed by atoms with Gasteiger partial charge >= 0.3 is 0 Å². The fourth-order valence-corrected chi connectivity index (χ4v) is 5.36. The predicted octanol–water partition coefficient (Wildman–Crippen LogP) is 3.39. The lowest BCUT2D eigenvalue weighted by Gasteiger charge is -2.20. The number of hydrogen-bond donors (Lipinski definition) is 1. The second-order valence-electron chi connectivity index (χ2n) is 7.31. The van der Waals surface area contributed by atoms with Crippen molar-refractivity contribution in [1.82, 2.24) is 5.32 Å². The van der Waals surface area contributed by atoms with E-state index in [0.29, 0.717) is 30.2 Å². The number of benzene rings is 3. The summed E-state index contributed by atoms with van der Waals surface area (Å²) in [6.45, 7) is 0.589. The highest BCUT2D eigenvalue weighted by molar-refractivity contribution is 7.92. The molecule has 0 spiro atoms. The van der Waals surface area contributed by atoms with Crippen molar-refractivity contribution in [3.8, 4) is 11.5 Å². The lowest BCUT2D eigenvalue weighted by atomic mass is 10.1. The number of nitrogens with zero attached hydrogens (tertiary/aromatic N) is 1. The summed E-state index contributed by atoms with van der Waals surface area (Å²) in [7, 11) is -0.827. The van der Waals surface area contributed by atoms with Gasteiger partial charge in [-0.15, -0.1) is 0 Å². The third-order valence-electron chi connectivity index (χ3n) is 5.48. The van der Waals surface area contributed by atoms with Crippen LogP contribution in [0.1, 0.15) is 21.5 Å². The Morgan fingerprint density at radius 2 is 1.69 bits per heavy atom. The van der Waals surface area contributed by atoms with E-state index in [9.17, 15) is 13.2 Å². The van der Waals surface area contributed by atoms with Crippen LogP contribution in [0.5, 0.6) is 11.5 Å². The molecule has 1 N–H and O–H groups in total. The molecular weight excluding hydrogens is 428 g/mol. The maximum Gasteiger partial charge on any atom is 0.264 e. The van der Waals surface area contributed by atoms with Crippen molar-refractivity contribution in [1.29, 1.82) is 0 Å². The van der Waals surface area contributed by atoms with Crippen LogP contribution in [0.4, 0.5) is 5.69 Å². The number of rotatable bonds is 7. The normalized spacial score (nSPS) is 12.9. The van der Waals surface area contributed by atoms with E-state index in [1.807, 2.05) is 42.5 Å². The molecule has 0 aromatic heterocycles. The molecule has 3 aromatic carbocycles. The SMILES string of the molecule is COc1ccccc1CNC(=O)c1cc(S(=O)(=O)N2CCc3ccccc32)ccc1OC. The van der Waals surface area contributed by atoms with Crippen LogP contribution in [-0.2, 0) is 23.0 Å². The van der Waals surface area contributed by atoms with Crippen molar-refractivity contribution >= 4 is 21.6 Å². The smallest absolute Gasteiger partial charge is 0.264 e. The first-order valence-corrected chi connectivity index (χ1v) is 11.6. The molecule has 0 unspecified atom stereocenters. The first-order valence-electron chi connectivity index (χ1n) is 10.1. The molecule has 0 bridgehead atoms. The molecule has 1 amide bonds. The molecule has 8 heteroatoms. The topological polar surface area (TPSA) is 84.9 Å². The molecule has 32 heavy (non-hydrogen) atoms. The van der Waals surface area contributed by atoms with Crippen molar-refractivity contribution in [3.63, 3.8) is 0 Å². The van der Waals surface area contributed by atoms with E-state index in [1.54, 1.807) is 13.2 Å². The van der Waals surface area contributed by atoms with Crippen molar-refractivity contribution in [2.24, 2.45) is 0 Å². The van der Waals surface area contributed by atoms with Crippen molar-refractivity contribution in [3.05, 3.63) is 83.4 Å². The maximum absolute atomic E-state index is 13.4. The Hall–Kier alpha value is -3.52. The number of carbonyl (C=O) groups is 1. The van der Waals surface area contributed by atoms with Gasteiger partial charge < -0.3 is 14.8 Å². The standard InChI is InChI=1S/C24H24N2O5S/c1-30-22-10-6-4-8-18(22)16-25-24(27)20-15-19(11-12-23(20)31-2)32(28,29)26-14-13-17-7-3-5-9-21(17)26/h3-12,15H,13-14,16H2,1-2H3,(H,25,27). The quantitative estimate of drug-likeness (QED) is 0.594. The molecule has 1 aliphatic heterocycles. The Morgan fingerprint density at radius 3 is 2.47 bits per heavy atom. The molecule has 1 heterocycles. The highest BCUT2D eigenvalue weighted by Crippen LogP contribution is 2.34. The second kappa shape index (κ2) is 8.92.